The number of aromatic nitrogens is 3. The third-order valence-electron chi connectivity index (χ3n) is 13.1. The zero-order valence-corrected chi connectivity index (χ0v) is 47.5. The summed E-state index contributed by atoms with van der Waals surface area (Å²) in [5, 5.41) is 20.0. The number of ether oxygens (including phenoxy) is 7. The Morgan fingerprint density at radius 1 is 0.844 bits per heavy atom. The van der Waals surface area contributed by atoms with E-state index < -0.39 is 23.5 Å². The molecular weight excluding hydrogens is 1080 g/mol. The van der Waals surface area contributed by atoms with Crippen molar-refractivity contribution in [2.45, 2.75) is 78.5 Å². The zero-order valence-electron chi connectivity index (χ0n) is 45.1. The number of likely N-dealkylation sites (tertiary alicyclic amines) is 1. The van der Waals surface area contributed by atoms with Crippen molar-refractivity contribution in [1.29, 1.82) is 0 Å². The van der Waals surface area contributed by atoms with Crippen molar-refractivity contribution in [2.75, 3.05) is 123 Å². The van der Waals surface area contributed by atoms with E-state index >= 15 is 0 Å². The molecule has 3 heterocycles. The molecule has 0 bridgehead atoms. The average molecular weight is 1150 g/mol. The maximum atomic E-state index is 14.0. The lowest BCUT2D eigenvalue weighted by molar-refractivity contribution is -0.146. The molecule has 2 aromatic carbocycles. The van der Waals surface area contributed by atoms with E-state index in [-0.39, 0.29) is 75.2 Å². The number of aliphatic hydroxyl groups excluding tert-OH is 1. The number of likely N-dealkylation sites (N-methyl/N-ethyl adjacent to an activating group) is 1. The molecule has 1 saturated carbocycles. The van der Waals surface area contributed by atoms with Gasteiger partial charge in [-0.25, -0.2) is 9.97 Å². The maximum Gasteiger partial charge on any atom is 0.243 e. The van der Waals surface area contributed by atoms with Crippen LogP contribution in [0.25, 0.3) is 10.4 Å². The number of Topliss-reactive ketones (excluding diaryl/α,β-unsaturated/α-hetero) is 1. The summed E-state index contributed by atoms with van der Waals surface area (Å²) in [5.74, 6) is 0.539. The van der Waals surface area contributed by atoms with Crippen LogP contribution in [-0.4, -0.2) is 178 Å². The Morgan fingerprint density at radius 3 is 2.03 bits per heavy atom. The number of amides is 3. The Hall–Kier alpha value is -5.17. The summed E-state index contributed by atoms with van der Waals surface area (Å²) in [5.41, 5.74) is 4.95. The summed E-state index contributed by atoms with van der Waals surface area (Å²) < 4.78 is 40.0. The van der Waals surface area contributed by atoms with E-state index in [4.69, 9.17) is 33.2 Å². The number of anilines is 3. The SMILES string of the molecule is Cc1ncsc1-c1ccc(CNC(=O)[C@H]2C[C@H](O)CN2C(=O)[C@H](CC(=O)COCCOCCOCCOCCOCCOCCOc2ccc(Nc3ncc(Br)c(NCCN(C)C(=O)C4CCC4)n3)cc2)C(C)(C)C)cc1. The van der Waals surface area contributed by atoms with Gasteiger partial charge in [0.05, 0.1) is 99.3 Å². The highest BCUT2D eigenvalue weighted by molar-refractivity contribution is 9.10. The van der Waals surface area contributed by atoms with Gasteiger partial charge in [0.2, 0.25) is 23.7 Å². The zero-order chi connectivity index (χ0) is 55.0. The van der Waals surface area contributed by atoms with Crippen LogP contribution in [0.1, 0.15) is 64.1 Å². The first kappa shape index (κ1) is 61.0. The number of nitrogens with zero attached hydrogens (tertiary/aromatic N) is 5. The molecule has 2 fully saturated rings. The van der Waals surface area contributed by atoms with E-state index in [1.165, 1.54) is 4.90 Å². The molecule has 22 heteroatoms. The number of aliphatic hydroxyl groups is 1. The molecule has 1 aliphatic heterocycles. The molecule has 4 aromatic rings. The second kappa shape index (κ2) is 32.0. The summed E-state index contributed by atoms with van der Waals surface area (Å²) in [7, 11) is 1.84. The highest BCUT2D eigenvalue weighted by atomic mass is 79.9. The quantitative estimate of drug-likeness (QED) is 0.0362. The van der Waals surface area contributed by atoms with Crippen molar-refractivity contribution >= 4 is 68.2 Å². The van der Waals surface area contributed by atoms with E-state index in [0.29, 0.717) is 96.7 Å². The highest BCUT2D eigenvalue weighted by Crippen LogP contribution is 2.34. The molecule has 1 aliphatic carbocycles. The second-order valence-electron chi connectivity index (χ2n) is 20.1. The Bertz CT molecular complexity index is 2440. The molecule has 2 aromatic heterocycles. The summed E-state index contributed by atoms with van der Waals surface area (Å²) in [6, 6.07) is 14.5. The van der Waals surface area contributed by atoms with E-state index in [9.17, 15) is 24.3 Å². The van der Waals surface area contributed by atoms with Gasteiger partial charge in [-0.2, -0.15) is 4.98 Å². The van der Waals surface area contributed by atoms with E-state index in [0.717, 1.165) is 51.1 Å². The molecule has 1 saturated heterocycles. The van der Waals surface area contributed by atoms with Crippen LogP contribution in [-0.2, 0) is 54.1 Å². The third kappa shape index (κ3) is 20.5. The van der Waals surface area contributed by atoms with Crippen LogP contribution in [0, 0.1) is 24.2 Å². The van der Waals surface area contributed by atoms with Crippen LogP contribution >= 0.6 is 27.3 Å². The number of thiazole rings is 1. The Kier molecular flexibility index (Phi) is 25.4. The number of aryl methyl sites for hydroxylation is 1. The number of hydrogen-bond acceptors (Lipinski definition) is 18. The average Bonchev–Trinajstić information content (AvgIpc) is 4.02. The largest absolute Gasteiger partial charge is 0.491 e. The van der Waals surface area contributed by atoms with Gasteiger partial charge in [-0.15, -0.1) is 11.3 Å². The molecule has 4 N–H and O–H groups in total. The van der Waals surface area contributed by atoms with Crippen molar-refractivity contribution in [3.8, 4) is 16.2 Å². The molecule has 3 atom stereocenters. The first-order chi connectivity index (χ1) is 37.2. The second-order valence-corrected chi connectivity index (χ2v) is 21.8. The lowest BCUT2D eigenvalue weighted by Crippen LogP contribution is -2.50. The van der Waals surface area contributed by atoms with Crippen molar-refractivity contribution in [2.24, 2.45) is 17.3 Å². The fraction of sp³-hybridized carbons (Fsp3) is 0.582. The lowest BCUT2D eigenvalue weighted by atomic mass is 9.77. The number of hydrogen-bond donors (Lipinski definition) is 4. The first-order valence-electron chi connectivity index (χ1n) is 26.4. The fourth-order valence-electron chi connectivity index (χ4n) is 8.45. The molecule has 3 amide bonds. The summed E-state index contributed by atoms with van der Waals surface area (Å²) >= 11 is 5.08. The normalized spacial score (nSPS) is 16.0. The molecule has 77 heavy (non-hydrogen) atoms. The van der Waals surface area contributed by atoms with E-state index in [1.807, 2.05) is 88.8 Å². The number of nitrogens with one attached hydrogen (secondary N) is 3. The molecule has 0 spiro atoms. The molecular formula is C55H77BrN8O12S. The van der Waals surface area contributed by atoms with Crippen LogP contribution in [0.5, 0.6) is 5.75 Å². The van der Waals surface area contributed by atoms with Crippen LogP contribution in [0.3, 0.4) is 0 Å². The predicted octanol–water partition coefficient (Wildman–Crippen LogP) is 6.46. The molecule has 6 rings (SSSR count). The maximum absolute atomic E-state index is 14.0. The number of halogens is 1. The van der Waals surface area contributed by atoms with Crippen molar-refractivity contribution < 1.29 is 57.4 Å². The van der Waals surface area contributed by atoms with Crippen molar-refractivity contribution in [3.05, 3.63) is 76.0 Å². The van der Waals surface area contributed by atoms with Gasteiger partial charge in [0.1, 0.15) is 30.8 Å². The summed E-state index contributed by atoms with van der Waals surface area (Å²) in [6.45, 7) is 13.4. The number of β-amino-alcohol motifs (C(OH)–C–C–N with tert-alkyl or cyclic N) is 1. The van der Waals surface area contributed by atoms with E-state index in [1.54, 1.807) is 22.4 Å². The minimum Gasteiger partial charge on any atom is -0.491 e. The number of ketones is 1. The molecule has 20 nitrogen and oxygen atoms in total. The van der Waals surface area contributed by atoms with Gasteiger partial charge in [0.15, 0.2) is 5.78 Å². The van der Waals surface area contributed by atoms with Crippen LogP contribution in [0.4, 0.5) is 17.5 Å². The van der Waals surface area contributed by atoms with Gasteiger partial charge >= 0.3 is 0 Å². The smallest absolute Gasteiger partial charge is 0.243 e. The lowest BCUT2D eigenvalue weighted by Gasteiger charge is -2.34. The van der Waals surface area contributed by atoms with Crippen LogP contribution in [0.2, 0.25) is 0 Å². The predicted molar refractivity (Wildman–Crippen MR) is 296 cm³/mol. The van der Waals surface area contributed by atoms with Crippen LogP contribution < -0.4 is 20.7 Å². The molecule has 0 unspecified atom stereocenters. The fourth-order valence-corrected chi connectivity index (χ4v) is 9.60. The Labute approximate surface area is 464 Å². The van der Waals surface area contributed by atoms with Gasteiger partial charge < -0.3 is 64.0 Å². The number of carbonyl (C=O) groups is 4. The van der Waals surface area contributed by atoms with Gasteiger partial charge in [-0.05, 0) is 76.5 Å². The van der Waals surface area contributed by atoms with Gasteiger partial charge in [0, 0.05) is 69.8 Å². The molecule has 0 radical (unpaired) electrons. The minimum atomic E-state index is -0.846. The van der Waals surface area contributed by atoms with Crippen LogP contribution in [0.15, 0.2) is 64.7 Å². The third-order valence-corrected chi connectivity index (χ3v) is 14.7. The molecule has 2 aliphatic rings. The summed E-state index contributed by atoms with van der Waals surface area (Å²) in [4.78, 5) is 70.5. The number of carbonyl (C=O) groups excluding carboxylic acids is 4. The summed E-state index contributed by atoms with van der Waals surface area (Å²) in [6.07, 6.45) is 4.01. The Balaban J connectivity index is 0.720. The van der Waals surface area contributed by atoms with Crippen molar-refractivity contribution in [3.63, 3.8) is 0 Å². The Morgan fingerprint density at radius 2 is 1.45 bits per heavy atom. The van der Waals surface area contributed by atoms with Gasteiger partial charge in [-0.1, -0.05) is 51.5 Å². The topological polar surface area (TPSA) is 234 Å². The highest BCUT2D eigenvalue weighted by Gasteiger charge is 2.44. The standard InChI is InChI=1S/C55H77BrN8O12S/c1-38-49(77-37-60-38)40-11-9-39(10-12-40)33-58-51(67)48-32-43(65)35-64(48)53(69)46(55(2,3)4)31-44(66)36-75-28-27-73-24-23-71-20-19-70-21-22-72-25-26-74-29-30-76-45-15-13-42(14-16-45)61-54-59-34-47(56)50(62-54)57-17-18-63(5)52(68)41-7-6-8-41/h9-16,34,37,41,43,46,48,65H,6-8,17-33,35-36H2,1-5H3,(H,58,67)(H2,57,59,61,62)/t43-,46-,48+/m0/s1. The van der Waals surface area contributed by atoms with Crippen molar-refractivity contribution in [1.82, 2.24) is 30.1 Å². The van der Waals surface area contributed by atoms with E-state index in [2.05, 4.69) is 46.8 Å². The van der Waals surface area contributed by atoms with Gasteiger partial charge in [0.25, 0.3) is 0 Å². The number of benzene rings is 2. The van der Waals surface area contributed by atoms with Gasteiger partial charge in [-0.3, -0.25) is 19.2 Å². The number of rotatable bonds is 35. The first-order valence-corrected chi connectivity index (χ1v) is 28.1. The molecule has 422 valence electrons. The minimum absolute atomic E-state index is 0.0216. The monoisotopic (exact) mass is 1150 g/mol.